The third kappa shape index (κ3) is 0.664. The molecule has 0 N–H and O–H groups in total. The molecule has 1 aliphatic carbocycles. The molecular formula is C9H13N. The van der Waals surface area contributed by atoms with Gasteiger partial charge in [-0.25, -0.2) is 0 Å². The summed E-state index contributed by atoms with van der Waals surface area (Å²) in [5.74, 6) is 1.67. The van der Waals surface area contributed by atoms with E-state index in [1.807, 2.05) is 6.20 Å². The minimum atomic E-state index is 0.810. The van der Waals surface area contributed by atoms with Crippen LogP contribution in [0.25, 0.3) is 0 Å². The first kappa shape index (κ1) is 6.14. The number of nitrogens with zero attached hydrogens (tertiary/aromatic N) is 1. The lowest BCUT2D eigenvalue weighted by Crippen LogP contribution is -2.34. The van der Waals surface area contributed by atoms with E-state index in [4.69, 9.17) is 0 Å². The number of rotatable bonds is 0. The molecule has 0 aromatic carbocycles. The van der Waals surface area contributed by atoms with Gasteiger partial charge in [0.05, 0.1) is 0 Å². The third-order valence-corrected chi connectivity index (χ3v) is 2.87. The van der Waals surface area contributed by atoms with Gasteiger partial charge in [0.1, 0.15) is 0 Å². The van der Waals surface area contributed by atoms with Gasteiger partial charge in [0, 0.05) is 17.8 Å². The van der Waals surface area contributed by atoms with Crippen LogP contribution >= 0.6 is 0 Å². The van der Waals surface area contributed by atoms with Gasteiger partial charge >= 0.3 is 0 Å². The molecule has 0 spiro atoms. The van der Waals surface area contributed by atoms with E-state index in [2.05, 4.69) is 18.8 Å². The first-order valence-corrected chi connectivity index (χ1v) is 4.00. The second-order valence-electron chi connectivity index (χ2n) is 3.43. The number of hydrogen-bond donors (Lipinski definition) is 0. The summed E-state index contributed by atoms with van der Waals surface area (Å²) in [7, 11) is 0. The Hall–Kier alpha value is -0.590. The van der Waals surface area contributed by atoms with Crippen LogP contribution in [0.15, 0.2) is 16.8 Å². The van der Waals surface area contributed by atoms with Crippen LogP contribution in [-0.4, -0.2) is 5.71 Å². The summed E-state index contributed by atoms with van der Waals surface area (Å²) in [5.41, 5.74) is 2.84. The Labute approximate surface area is 61.9 Å². The molecule has 1 aliphatic heterocycles. The fraction of sp³-hybridized carbons (Fsp3) is 0.667. The Kier molecular flexibility index (Phi) is 1.19. The first-order chi connectivity index (χ1) is 4.79. The molecule has 2 aliphatic rings. The summed E-state index contributed by atoms with van der Waals surface area (Å²) < 4.78 is 0. The molecule has 0 saturated heterocycles. The van der Waals surface area contributed by atoms with Gasteiger partial charge in [-0.2, -0.15) is 0 Å². The zero-order chi connectivity index (χ0) is 7.14. The minimum Gasteiger partial charge on any atom is -0.266 e. The molecule has 0 aromatic rings. The van der Waals surface area contributed by atoms with Crippen LogP contribution in [-0.2, 0) is 0 Å². The van der Waals surface area contributed by atoms with E-state index in [-0.39, 0.29) is 0 Å². The van der Waals surface area contributed by atoms with Gasteiger partial charge in [-0.3, -0.25) is 4.99 Å². The molecule has 2 unspecified atom stereocenters. The number of hydrogen-bond acceptors (Lipinski definition) is 1. The van der Waals surface area contributed by atoms with Gasteiger partial charge < -0.3 is 0 Å². The molecule has 0 aromatic heterocycles. The van der Waals surface area contributed by atoms with Gasteiger partial charge in [-0.1, -0.05) is 5.57 Å². The molecule has 1 nitrogen and oxygen atoms in total. The van der Waals surface area contributed by atoms with E-state index >= 15 is 0 Å². The maximum absolute atomic E-state index is 4.35. The molecule has 54 valence electrons. The van der Waals surface area contributed by atoms with Crippen molar-refractivity contribution in [3.8, 4) is 0 Å². The van der Waals surface area contributed by atoms with Crippen molar-refractivity contribution in [1.29, 1.82) is 0 Å². The summed E-state index contributed by atoms with van der Waals surface area (Å²) in [6.07, 6.45) is 4.79. The molecule has 0 bridgehead atoms. The average molecular weight is 135 g/mol. The molecular weight excluding hydrogens is 122 g/mol. The van der Waals surface area contributed by atoms with Crippen molar-refractivity contribution in [2.45, 2.75) is 26.7 Å². The maximum atomic E-state index is 4.35. The van der Waals surface area contributed by atoms with Crippen LogP contribution in [0.4, 0.5) is 0 Å². The highest BCUT2D eigenvalue weighted by Crippen LogP contribution is 2.42. The van der Waals surface area contributed by atoms with E-state index in [0.29, 0.717) is 0 Å². The van der Waals surface area contributed by atoms with Crippen molar-refractivity contribution in [2.24, 2.45) is 16.8 Å². The minimum absolute atomic E-state index is 0.810. The van der Waals surface area contributed by atoms with Crippen molar-refractivity contribution in [1.82, 2.24) is 0 Å². The van der Waals surface area contributed by atoms with Gasteiger partial charge in [-0.15, -0.1) is 0 Å². The SMILES string of the molecule is CC1=CN=C(C)C2CCC12. The Morgan fingerprint density at radius 3 is 2.50 bits per heavy atom. The predicted octanol–water partition coefficient (Wildman–Crippen LogP) is 2.39. The second kappa shape index (κ2) is 1.94. The quantitative estimate of drug-likeness (QED) is 0.483. The zero-order valence-corrected chi connectivity index (χ0v) is 6.59. The van der Waals surface area contributed by atoms with E-state index < -0.39 is 0 Å². The van der Waals surface area contributed by atoms with E-state index in [9.17, 15) is 0 Å². The van der Waals surface area contributed by atoms with Crippen molar-refractivity contribution in [3.63, 3.8) is 0 Å². The topological polar surface area (TPSA) is 12.4 Å². The van der Waals surface area contributed by atoms with E-state index in [1.54, 1.807) is 0 Å². The highest BCUT2D eigenvalue weighted by atomic mass is 14.7. The highest BCUT2D eigenvalue weighted by molar-refractivity contribution is 5.87. The van der Waals surface area contributed by atoms with Crippen molar-refractivity contribution < 1.29 is 0 Å². The van der Waals surface area contributed by atoms with E-state index in [0.717, 1.165) is 11.8 Å². The van der Waals surface area contributed by atoms with Crippen LogP contribution in [0, 0.1) is 11.8 Å². The summed E-state index contributed by atoms with van der Waals surface area (Å²) in [6.45, 7) is 4.35. The Balaban J connectivity index is 2.28. The molecule has 0 amide bonds. The number of allylic oxidation sites excluding steroid dienone is 1. The van der Waals surface area contributed by atoms with Gasteiger partial charge in [-0.05, 0) is 32.6 Å². The lowest BCUT2D eigenvalue weighted by atomic mass is 9.67. The lowest BCUT2D eigenvalue weighted by Gasteiger charge is -2.39. The maximum Gasteiger partial charge on any atom is 0.0259 e. The third-order valence-electron chi connectivity index (χ3n) is 2.87. The zero-order valence-electron chi connectivity index (χ0n) is 6.59. The molecule has 2 rings (SSSR count). The molecule has 1 fully saturated rings. The van der Waals surface area contributed by atoms with Gasteiger partial charge in [0.2, 0.25) is 0 Å². The fourth-order valence-corrected chi connectivity index (χ4v) is 1.94. The highest BCUT2D eigenvalue weighted by Gasteiger charge is 2.35. The summed E-state index contributed by atoms with van der Waals surface area (Å²) >= 11 is 0. The van der Waals surface area contributed by atoms with Crippen LogP contribution in [0.2, 0.25) is 0 Å². The smallest absolute Gasteiger partial charge is 0.0259 e. The van der Waals surface area contributed by atoms with Crippen molar-refractivity contribution in [2.75, 3.05) is 0 Å². The number of aliphatic imine (C=N–C) groups is 1. The average Bonchev–Trinajstić information content (AvgIpc) is 1.78. The largest absolute Gasteiger partial charge is 0.266 e. The van der Waals surface area contributed by atoms with Gasteiger partial charge in [0.15, 0.2) is 0 Å². The molecule has 1 heteroatoms. The number of fused-ring (bicyclic) bond motifs is 1. The van der Waals surface area contributed by atoms with Crippen molar-refractivity contribution in [3.05, 3.63) is 11.8 Å². The standard InChI is InChI=1S/C9H13N/c1-6-5-10-7(2)9-4-3-8(6)9/h5,8-9H,3-4H2,1-2H3. The second-order valence-corrected chi connectivity index (χ2v) is 3.43. The predicted molar refractivity (Wildman–Crippen MR) is 43.1 cm³/mol. The van der Waals surface area contributed by atoms with Crippen LogP contribution < -0.4 is 0 Å². The molecule has 2 atom stereocenters. The van der Waals surface area contributed by atoms with Crippen molar-refractivity contribution >= 4 is 5.71 Å². The summed E-state index contributed by atoms with van der Waals surface area (Å²) in [4.78, 5) is 4.35. The first-order valence-electron chi connectivity index (χ1n) is 4.00. The molecule has 1 heterocycles. The monoisotopic (exact) mass is 135 g/mol. The Bertz CT molecular complexity index is 189. The summed E-state index contributed by atoms with van der Waals surface area (Å²) in [6, 6.07) is 0. The Morgan fingerprint density at radius 2 is 2.00 bits per heavy atom. The van der Waals surface area contributed by atoms with Crippen LogP contribution in [0.1, 0.15) is 26.7 Å². The summed E-state index contributed by atoms with van der Waals surface area (Å²) in [5, 5.41) is 0. The molecule has 0 radical (unpaired) electrons. The van der Waals surface area contributed by atoms with Crippen LogP contribution in [0.5, 0.6) is 0 Å². The normalized spacial score (nSPS) is 37.4. The Morgan fingerprint density at radius 1 is 1.30 bits per heavy atom. The molecule has 10 heavy (non-hydrogen) atoms. The van der Waals surface area contributed by atoms with E-state index in [1.165, 1.54) is 24.1 Å². The van der Waals surface area contributed by atoms with Gasteiger partial charge in [0.25, 0.3) is 0 Å². The lowest BCUT2D eigenvalue weighted by molar-refractivity contribution is 0.286. The van der Waals surface area contributed by atoms with Crippen LogP contribution in [0.3, 0.4) is 0 Å². The fourth-order valence-electron chi connectivity index (χ4n) is 1.94. The molecule has 1 saturated carbocycles.